The van der Waals surface area contributed by atoms with Crippen molar-refractivity contribution < 1.29 is 24.2 Å². The number of aliphatic hydroxyl groups excluding tert-OH is 1. The van der Waals surface area contributed by atoms with Crippen LogP contribution in [0.4, 0.5) is 0 Å². The molecule has 0 spiro atoms. The van der Waals surface area contributed by atoms with Crippen LogP contribution in [0.5, 0.6) is 5.75 Å². The maximum atomic E-state index is 13.0. The van der Waals surface area contributed by atoms with Crippen LogP contribution in [0.2, 0.25) is 0 Å². The van der Waals surface area contributed by atoms with Gasteiger partial charge in [0.25, 0.3) is 5.91 Å². The number of hydrogen-bond donors (Lipinski definition) is 1. The van der Waals surface area contributed by atoms with E-state index >= 15 is 0 Å². The van der Waals surface area contributed by atoms with Crippen LogP contribution in [0.25, 0.3) is 0 Å². The Balaban J connectivity index is 1.50. The topological polar surface area (TPSA) is 79.3 Å². The second-order valence-corrected chi connectivity index (χ2v) is 8.48. The van der Waals surface area contributed by atoms with Gasteiger partial charge in [0.15, 0.2) is 0 Å². The van der Waals surface area contributed by atoms with E-state index in [1.165, 1.54) is 0 Å². The van der Waals surface area contributed by atoms with Crippen LogP contribution < -0.4 is 4.74 Å². The molecular formula is C24H36N2O5. The average molecular weight is 433 g/mol. The number of nitrogens with zero attached hydrogens (tertiary/aromatic N) is 2. The van der Waals surface area contributed by atoms with Crippen molar-refractivity contribution in [3.05, 3.63) is 29.8 Å². The van der Waals surface area contributed by atoms with E-state index in [1.54, 1.807) is 7.11 Å². The maximum Gasteiger partial charge on any atom is 0.254 e. The van der Waals surface area contributed by atoms with Gasteiger partial charge in [-0.2, -0.15) is 0 Å². The first kappa shape index (κ1) is 23.5. The van der Waals surface area contributed by atoms with E-state index in [9.17, 15) is 9.59 Å². The zero-order chi connectivity index (χ0) is 22.1. The van der Waals surface area contributed by atoms with Gasteiger partial charge in [-0.25, -0.2) is 0 Å². The summed E-state index contributed by atoms with van der Waals surface area (Å²) in [4.78, 5) is 29.0. The van der Waals surface area contributed by atoms with Gasteiger partial charge in [-0.15, -0.1) is 0 Å². The Kier molecular flexibility index (Phi) is 9.15. The van der Waals surface area contributed by atoms with E-state index in [-0.39, 0.29) is 30.6 Å². The summed E-state index contributed by atoms with van der Waals surface area (Å²) in [5.41, 5.74) is 0.682. The number of carbonyl (C=O) groups is 2. The molecule has 1 unspecified atom stereocenters. The third-order valence-electron chi connectivity index (χ3n) is 6.30. The quantitative estimate of drug-likeness (QED) is 0.649. The zero-order valence-electron chi connectivity index (χ0n) is 18.6. The van der Waals surface area contributed by atoms with Gasteiger partial charge >= 0.3 is 0 Å². The molecule has 2 heterocycles. The van der Waals surface area contributed by atoms with Crippen LogP contribution in [-0.4, -0.2) is 78.8 Å². The normalized spacial score (nSPS) is 20.0. The molecule has 2 aliphatic heterocycles. The van der Waals surface area contributed by atoms with Gasteiger partial charge < -0.3 is 24.4 Å². The molecule has 1 N–H and O–H groups in total. The van der Waals surface area contributed by atoms with Gasteiger partial charge in [-0.1, -0.05) is 0 Å². The van der Waals surface area contributed by atoms with Crippen LogP contribution >= 0.6 is 0 Å². The first-order valence-corrected chi connectivity index (χ1v) is 11.6. The molecule has 0 saturated carbocycles. The number of rotatable bonds is 9. The lowest BCUT2D eigenvalue weighted by molar-refractivity contribution is -0.133. The van der Waals surface area contributed by atoms with E-state index in [4.69, 9.17) is 14.6 Å². The summed E-state index contributed by atoms with van der Waals surface area (Å²) in [6.07, 6.45) is 6.90. The molecule has 2 fully saturated rings. The first-order chi connectivity index (χ1) is 15.1. The van der Waals surface area contributed by atoms with Crippen LogP contribution in [-0.2, 0) is 9.53 Å². The number of methoxy groups -OCH3 is 1. The third kappa shape index (κ3) is 6.68. The fraction of sp³-hybridized carbons (Fsp3) is 0.667. The molecule has 31 heavy (non-hydrogen) atoms. The molecule has 3 rings (SSSR count). The smallest absolute Gasteiger partial charge is 0.254 e. The van der Waals surface area contributed by atoms with Crippen LogP contribution in [0, 0.1) is 0 Å². The Labute approximate surface area is 185 Å². The number of piperidine rings is 2. The van der Waals surface area contributed by atoms with Crippen molar-refractivity contribution in [2.75, 3.05) is 40.0 Å². The molecule has 0 bridgehead atoms. The molecular weight excluding hydrogens is 396 g/mol. The highest BCUT2D eigenvalue weighted by Crippen LogP contribution is 2.25. The molecule has 0 aliphatic carbocycles. The molecule has 1 aromatic carbocycles. The van der Waals surface area contributed by atoms with Crippen molar-refractivity contribution in [3.63, 3.8) is 0 Å². The molecule has 172 valence electrons. The highest BCUT2D eigenvalue weighted by atomic mass is 16.5. The molecule has 2 saturated heterocycles. The van der Waals surface area contributed by atoms with Gasteiger partial charge in [0.2, 0.25) is 5.91 Å². The number of aliphatic hydroxyl groups is 1. The van der Waals surface area contributed by atoms with E-state index in [0.29, 0.717) is 31.7 Å². The minimum Gasteiger partial charge on any atom is -0.490 e. The van der Waals surface area contributed by atoms with E-state index in [1.807, 2.05) is 34.1 Å². The average Bonchev–Trinajstić information content (AvgIpc) is 2.82. The number of likely N-dealkylation sites (tertiary alicyclic amines) is 2. The number of hydrogen-bond acceptors (Lipinski definition) is 5. The summed E-state index contributed by atoms with van der Waals surface area (Å²) in [5.74, 6) is 0.964. The summed E-state index contributed by atoms with van der Waals surface area (Å²) in [6, 6.07) is 7.66. The number of carbonyl (C=O) groups excluding carboxylic acids is 2. The van der Waals surface area contributed by atoms with Crippen molar-refractivity contribution >= 4 is 11.8 Å². The first-order valence-electron chi connectivity index (χ1n) is 11.6. The third-order valence-corrected chi connectivity index (χ3v) is 6.30. The Morgan fingerprint density at radius 3 is 2.48 bits per heavy atom. The fourth-order valence-corrected chi connectivity index (χ4v) is 4.50. The number of ether oxygens (including phenoxy) is 2. The highest BCUT2D eigenvalue weighted by molar-refractivity contribution is 5.94. The maximum absolute atomic E-state index is 13.0. The SMILES string of the molecule is COCCC(=O)N1CCC(Oc2ccc(C(=O)N3CCCCC3CCCO)cc2)CC1. The molecule has 1 atom stereocenters. The van der Waals surface area contributed by atoms with Crippen LogP contribution in [0.1, 0.15) is 61.7 Å². The van der Waals surface area contributed by atoms with Crippen molar-refractivity contribution in [2.24, 2.45) is 0 Å². The summed E-state index contributed by atoms with van der Waals surface area (Å²) in [7, 11) is 1.61. The summed E-state index contributed by atoms with van der Waals surface area (Å²) in [5, 5.41) is 9.14. The van der Waals surface area contributed by atoms with Gasteiger partial charge in [-0.3, -0.25) is 9.59 Å². The fourth-order valence-electron chi connectivity index (χ4n) is 4.50. The second-order valence-electron chi connectivity index (χ2n) is 8.48. The predicted octanol–water partition coefficient (Wildman–Crippen LogP) is 2.86. The van der Waals surface area contributed by atoms with Gasteiger partial charge in [0.1, 0.15) is 11.9 Å². The Hall–Kier alpha value is -2.12. The van der Waals surface area contributed by atoms with E-state index in [0.717, 1.165) is 57.2 Å². The van der Waals surface area contributed by atoms with Gasteiger partial charge in [0.05, 0.1) is 13.0 Å². The lowest BCUT2D eigenvalue weighted by Crippen LogP contribution is -2.43. The monoisotopic (exact) mass is 432 g/mol. The molecule has 0 radical (unpaired) electrons. The minimum atomic E-state index is 0.0667. The van der Waals surface area contributed by atoms with Crippen molar-refractivity contribution in [1.82, 2.24) is 9.80 Å². The summed E-state index contributed by atoms with van der Waals surface area (Å²) >= 11 is 0. The van der Waals surface area contributed by atoms with Crippen molar-refractivity contribution in [3.8, 4) is 5.75 Å². The zero-order valence-corrected chi connectivity index (χ0v) is 18.6. The van der Waals surface area contributed by atoms with Crippen molar-refractivity contribution in [2.45, 2.75) is 63.5 Å². The molecule has 7 nitrogen and oxygen atoms in total. The molecule has 1 aromatic rings. The Morgan fingerprint density at radius 2 is 1.81 bits per heavy atom. The summed E-state index contributed by atoms with van der Waals surface area (Å²) < 4.78 is 11.1. The van der Waals surface area contributed by atoms with Gasteiger partial charge in [0, 0.05) is 57.8 Å². The minimum absolute atomic E-state index is 0.0667. The largest absolute Gasteiger partial charge is 0.490 e. The highest BCUT2D eigenvalue weighted by Gasteiger charge is 2.27. The van der Waals surface area contributed by atoms with E-state index < -0.39 is 0 Å². The predicted molar refractivity (Wildman–Crippen MR) is 118 cm³/mol. The molecule has 7 heteroatoms. The van der Waals surface area contributed by atoms with Crippen LogP contribution in [0.3, 0.4) is 0 Å². The molecule has 0 aromatic heterocycles. The second kappa shape index (κ2) is 12.1. The standard InChI is InChI=1S/C24H36N2O5/c1-30-18-13-23(28)25-15-11-22(12-16-25)31-21-9-7-19(8-10-21)24(29)26-14-3-2-5-20(26)6-4-17-27/h7-10,20,22,27H,2-6,11-18H2,1H3. The van der Waals surface area contributed by atoms with E-state index in [2.05, 4.69) is 0 Å². The Bertz CT molecular complexity index is 700. The van der Waals surface area contributed by atoms with Crippen molar-refractivity contribution in [1.29, 1.82) is 0 Å². The summed E-state index contributed by atoms with van der Waals surface area (Å²) in [6.45, 7) is 2.82. The number of amides is 2. The number of benzene rings is 1. The lowest BCUT2D eigenvalue weighted by atomic mass is 9.97. The molecule has 2 aliphatic rings. The lowest BCUT2D eigenvalue weighted by Gasteiger charge is -2.36. The van der Waals surface area contributed by atoms with Gasteiger partial charge in [-0.05, 0) is 56.4 Å². The molecule has 2 amide bonds. The Morgan fingerprint density at radius 1 is 1.06 bits per heavy atom. The van der Waals surface area contributed by atoms with Crippen LogP contribution in [0.15, 0.2) is 24.3 Å².